The average Bonchev–Trinajstić information content (AvgIpc) is 3.05. The minimum Gasteiger partial charge on any atom is -0.487 e. The van der Waals surface area contributed by atoms with E-state index in [1.54, 1.807) is 11.3 Å². The summed E-state index contributed by atoms with van der Waals surface area (Å²) in [7, 11) is 0. The standard InChI is InChI=1S/C21H24O3S/c1-13(2)16-8-9-21(3)12-17(16)19-18(24-21)11-14(23-20(19)22)6-7-15-5-4-10-25-15/h4-7,10-11,13,16-17H,8-9,12H2,1-3H3/b7-6+/t16-,17+,21+/m1/s1. The number of hydrogen-bond acceptors (Lipinski definition) is 4. The molecule has 2 aliphatic rings. The Balaban J connectivity index is 1.74. The van der Waals surface area contributed by atoms with Crippen LogP contribution in [0.3, 0.4) is 0 Å². The molecule has 2 bridgehead atoms. The summed E-state index contributed by atoms with van der Waals surface area (Å²) >= 11 is 1.65. The fourth-order valence-electron chi connectivity index (χ4n) is 4.41. The largest absolute Gasteiger partial charge is 0.487 e. The SMILES string of the molecule is CC(C)[C@H]1CC[C@@]2(C)C[C@@H]1c1c(cc(/C=C/c3cccs3)oc1=O)O2. The Morgan fingerprint density at radius 3 is 2.92 bits per heavy atom. The van der Waals surface area contributed by atoms with E-state index in [-0.39, 0.29) is 17.1 Å². The van der Waals surface area contributed by atoms with Crippen molar-refractivity contribution in [2.45, 2.75) is 51.6 Å². The minimum absolute atomic E-state index is 0.161. The first-order valence-corrected chi connectivity index (χ1v) is 9.92. The van der Waals surface area contributed by atoms with Gasteiger partial charge in [-0.2, -0.15) is 0 Å². The van der Waals surface area contributed by atoms with Gasteiger partial charge < -0.3 is 9.15 Å². The maximum atomic E-state index is 12.7. The first-order chi connectivity index (χ1) is 12.0. The Labute approximate surface area is 152 Å². The van der Waals surface area contributed by atoms with E-state index in [0.29, 0.717) is 17.6 Å². The Morgan fingerprint density at radius 1 is 1.36 bits per heavy atom. The van der Waals surface area contributed by atoms with E-state index >= 15 is 0 Å². The summed E-state index contributed by atoms with van der Waals surface area (Å²) in [6, 6.07) is 5.94. The van der Waals surface area contributed by atoms with Crippen LogP contribution in [0, 0.1) is 11.8 Å². The molecule has 1 fully saturated rings. The molecule has 0 unspecified atom stereocenters. The molecule has 0 radical (unpaired) electrons. The topological polar surface area (TPSA) is 39.4 Å². The van der Waals surface area contributed by atoms with Crippen molar-refractivity contribution in [1.29, 1.82) is 0 Å². The summed E-state index contributed by atoms with van der Waals surface area (Å²) < 4.78 is 11.9. The Kier molecular flexibility index (Phi) is 4.11. The van der Waals surface area contributed by atoms with Gasteiger partial charge in [0.1, 0.15) is 17.1 Å². The first-order valence-electron chi connectivity index (χ1n) is 9.04. The van der Waals surface area contributed by atoms with Crippen molar-refractivity contribution in [2.75, 3.05) is 0 Å². The summed E-state index contributed by atoms with van der Waals surface area (Å²) in [5.74, 6) is 2.60. The highest BCUT2D eigenvalue weighted by molar-refractivity contribution is 7.10. The lowest BCUT2D eigenvalue weighted by Crippen LogP contribution is -2.46. The highest BCUT2D eigenvalue weighted by Gasteiger charge is 2.47. The van der Waals surface area contributed by atoms with Gasteiger partial charge in [-0.05, 0) is 61.6 Å². The maximum absolute atomic E-state index is 12.7. The van der Waals surface area contributed by atoms with Crippen LogP contribution in [0.1, 0.15) is 62.2 Å². The van der Waals surface area contributed by atoms with Crippen molar-refractivity contribution >= 4 is 23.5 Å². The molecule has 3 nitrogen and oxygen atoms in total. The molecule has 3 atom stereocenters. The van der Waals surface area contributed by atoms with Gasteiger partial charge >= 0.3 is 5.63 Å². The van der Waals surface area contributed by atoms with E-state index in [4.69, 9.17) is 9.15 Å². The molecular formula is C21H24O3S. The van der Waals surface area contributed by atoms with E-state index in [9.17, 15) is 4.79 Å². The Hall–Kier alpha value is -1.81. The molecular weight excluding hydrogens is 332 g/mol. The van der Waals surface area contributed by atoms with E-state index in [1.807, 2.05) is 35.7 Å². The second-order valence-electron chi connectivity index (χ2n) is 7.87. The predicted molar refractivity (Wildman–Crippen MR) is 102 cm³/mol. The zero-order valence-corrected chi connectivity index (χ0v) is 15.8. The van der Waals surface area contributed by atoms with Crippen LogP contribution in [0.2, 0.25) is 0 Å². The normalized spacial score (nSPS) is 28.2. The van der Waals surface area contributed by atoms with E-state index in [2.05, 4.69) is 20.8 Å². The lowest BCUT2D eigenvalue weighted by molar-refractivity contribution is -0.00977. The third-order valence-corrected chi connectivity index (χ3v) is 6.52. The van der Waals surface area contributed by atoms with Gasteiger partial charge in [0.15, 0.2) is 0 Å². The smallest absolute Gasteiger partial charge is 0.343 e. The van der Waals surface area contributed by atoms with E-state index in [1.165, 1.54) is 0 Å². The third kappa shape index (κ3) is 3.08. The van der Waals surface area contributed by atoms with Crippen LogP contribution in [0.5, 0.6) is 5.75 Å². The van der Waals surface area contributed by atoms with Crippen LogP contribution in [0.15, 0.2) is 32.8 Å². The van der Waals surface area contributed by atoms with E-state index in [0.717, 1.165) is 35.5 Å². The molecule has 0 amide bonds. The fraction of sp³-hybridized carbons (Fsp3) is 0.476. The molecule has 132 valence electrons. The lowest BCUT2D eigenvalue weighted by Gasteiger charge is -2.48. The summed E-state index contributed by atoms with van der Waals surface area (Å²) in [6.45, 7) is 6.68. The molecule has 1 saturated carbocycles. The summed E-state index contributed by atoms with van der Waals surface area (Å²) in [5, 5.41) is 2.03. The number of ether oxygens (including phenoxy) is 1. The molecule has 0 spiro atoms. The van der Waals surface area contributed by atoms with Gasteiger partial charge in [0.05, 0.1) is 5.56 Å². The van der Waals surface area contributed by atoms with Crippen molar-refractivity contribution in [3.63, 3.8) is 0 Å². The van der Waals surface area contributed by atoms with Crippen LogP contribution in [-0.2, 0) is 0 Å². The number of fused-ring (bicyclic) bond motifs is 4. The fourth-order valence-corrected chi connectivity index (χ4v) is 5.03. The van der Waals surface area contributed by atoms with Crippen LogP contribution >= 0.6 is 11.3 Å². The van der Waals surface area contributed by atoms with Crippen molar-refractivity contribution < 1.29 is 9.15 Å². The number of thiophene rings is 1. The molecule has 1 aliphatic heterocycles. The quantitative estimate of drug-likeness (QED) is 0.722. The van der Waals surface area contributed by atoms with Crippen molar-refractivity contribution in [3.05, 3.63) is 50.2 Å². The van der Waals surface area contributed by atoms with Gasteiger partial charge in [-0.15, -0.1) is 11.3 Å². The molecule has 0 aromatic carbocycles. The molecule has 0 N–H and O–H groups in total. The highest BCUT2D eigenvalue weighted by atomic mass is 32.1. The monoisotopic (exact) mass is 356 g/mol. The summed E-state index contributed by atoms with van der Waals surface area (Å²) in [6.07, 6.45) is 6.89. The number of hydrogen-bond donors (Lipinski definition) is 0. The highest BCUT2D eigenvalue weighted by Crippen LogP contribution is 2.52. The molecule has 2 aromatic heterocycles. The van der Waals surface area contributed by atoms with Gasteiger partial charge in [-0.3, -0.25) is 0 Å². The molecule has 0 saturated heterocycles. The van der Waals surface area contributed by atoms with Crippen LogP contribution in [0.4, 0.5) is 0 Å². The molecule has 25 heavy (non-hydrogen) atoms. The van der Waals surface area contributed by atoms with Crippen LogP contribution < -0.4 is 10.4 Å². The van der Waals surface area contributed by atoms with Crippen molar-refractivity contribution in [2.24, 2.45) is 11.8 Å². The van der Waals surface area contributed by atoms with E-state index < -0.39 is 0 Å². The van der Waals surface area contributed by atoms with Crippen LogP contribution in [-0.4, -0.2) is 5.60 Å². The second kappa shape index (κ2) is 6.17. The predicted octanol–water partition coefficient (Wildman–Crippen LogP) is 5.56. The van der Waals surface area contributed by atoms with Gasteiger partial charge in [0, 0.05) is 16.9 Å². The minimum atomic E-state index is -0.233. The molecule has 1 aliphatic carbocycles. The molecule has 4 heteroatoms. The molecule has 3 heterocycles. The third-order valence-electron chi connectivity index (χ3n) is 5.68. The lowest BCUT2D eigenvalue weighted by atomic mass is 9.64. The Bertz CT molecular complexity index is 847. The summed E-state index contributed by atoms with van der Waals surface area (Å²) in [5.41, 5.74) is 0.359. The first kappa shape index (κ1) is 16.6. The average molecular weight is 356 g/mol. The van der Waals surface area contributed by atoms with Gasteiger partial charge in [-0.1, -0.05) is 19.9 Å². The molecule has 4 rings (SSSR count). The van der Waals surface area contributed by atoms with Crippen molar-refractivity contribution in [1.82, 2.24) is 0 Å². The van der Waals surface area contributed by atoms with Gasteiger partial charge in [-0.25, -0.2) is 4.79 Å². The summed E-state index contributed by atoms with van der Waals surface area (Å²) in [4.78, 5) is 13.9. The van der Waals surface area contributed by atoms with Crippen molar-refractivity contribution in [3.8, 4) is 5.75 Å². The second-order valence-corrected chi connectivity index (χ2v) is 8.85. The maximum Gasteiger partial charge on any atom is 0.343 e. The Morgan fingerprint density at radius 2 is 2.20 bits per heavy atom. The van der Waals surface area contributed by atoms with Gasteiger partial charge in [0.2, 0.25) is 0 Å². The zero-order valence-electron chi connectivity index (χ0n) is 15.0. The van der Waals surface area contributed by atoms with Crippen LogP contribution in [0.25, 0.3) is 12.2 Å². The number of rotatable bonds is 3. The zero-order chi connectivity index (χ0) is 17.6. The molecule has 2 aromatic rings. The van der Waals surface area contributed by atoms with Gasteiger partial charge in [0.25, 0.3) is 0 Å².